The predicted octanol–water partition coefficient (Wildman–Crippen LogP) is 3.14. The molecule has 0 aliphatic carbocycles. The van der Waals surface area contributed by atoms with Crippen LogP contribution in [-0.2, 0) is 4.79 Å². The summed E-state index contributed by atoms with van der Waals surface area (Å²) in [7, 11) is 1.59. The second kappa shape index (κ2) is 5.74. The number of methoxy groups -OCH3 is 1. The van der Waals surface area contributed by atoms with Crippen LogP contribution in [0.2, 0.25) is 0 Å². The second-order valence-corrected chi connectivity index (χ2v) is 5.87. The van der Waals surface area contributed by atoms with Gasteiger partial charge in [-0.25, -0.2) is 0 Å². The lowest BCUT2D eigenvalue weighted by molar-refractivity contribution is -0.137. The Hall–Kier alpha value is -2.07. The molecule has 4 heteroatoms. The van der Waals surface area contributed by atoms with Crippen molar-refractivity contribution in [1.82, 2.24) is 0 Å². The first kappa shape index (κ1) is 15.3. The number of nitrogens with two attached hydrogens (primary N) is 1. The molecular formula is C17H21NO3. The van der Waals surface area contributed by atoms with E-state index in [4.69, 9.17) is 10.5 Å². The Morgan fingerprint density at radius 1 is 1.29 bits per heavy atom. The van der Waals surface area contributed by atoms with Crippen LogP contribution < -0.4 is 10.5 Å². The maximum absolute atomic E-state index is 11.3. The molecule has 4 nitrogen and oxygen atoms in total. The van der Waals surface area contributed by atoms with Gasteiger partial charge in [-0.3, -0.25) is 4.79 Å². The number of carboxylic acids is 1. The number of fused-ring (bicyclic) bond motifs is 1. The molecule has 21 heavy (non-hydrogen) atoms. The summed E-state index contributed by atoms with van der Waals surface area (Å²) in [4.78, 5) is 11.3. The van der Waals surface area contributed by atoms with Crippen LogP contribution in [0.3, 0.4) is 0 Å². The molecule has 0 saturated carbocycles. The lowest BCUT2D eigenvalue weighted by Crippen LogP contribution is -2.40. The van der Waals surface area contributed by atoms with Crippen molar-refractivity contribution in [3.05, 3.63) is 42.0 Å². The van der Waals surface area contributed by atoms with Gasteiger partial charge in [-0.05, 0) is 30.7 Å². The Morgan fingerprint density at radius 3 is 2.52 bits per heavy atom. The van der Waals surface area contributed by atoms with Gasteiger partial charge >= 0.3 is 5.97 Å². The molecule has 0 aliphatic heterocycles. The van der Waals surface area contributed by atoms with Crippen LogP contribution in [0.1, 0.15) is 31.7 Å². The van der Waals surface area contributed by atoms with Crippen LogP contribution in [0, 0.1) is 0 Å². The normalized spacial score (nSPS) is 13.1. The minimum Gasteiger partial charge on any atom is -0.496 e. The quantitative estimate of drug-likeness (QED) is 0.886. The monoisotopic (exact) mass is 287 g/mol. The Balaban J connectivity index is 2.73. The maximum atomic E-state index is 11.3. The fourth-order valence-corrected chi connectivity index (χ4v) is 2.72. The van der Waals surface area contributed by atoms with Gasteiger partial charge in [0.1, 0.15) is 5.75 Å². The highest BCUT2D eigenvalue weighted by molar-refractivity contribution is 5.89. The summed E-state index contributed by atoms with van der Waals surface area (Å²) in [6.07, 6.45) is -0.0339. The fraction of sp³-hybridized carbons (Fsp3) is 0.353. The summed E-state index contributed by atoms with van der Waals surface area (Å²) in [5, 5.41) is 11.3. The maximum Gasteiger partial charge on any atom is 0.304 e. The summed E-state index contributed by atoms with van der Waals surface area (Å²) in [6, 6.07) is 11.7. The van der Waals surface area contributed by atoms with Crippen LogP contribution in [0.25, 0.3) is 10.8 Å². The number of hydrogen-bond donors (Lipinski definition) is 2. The topological polar surface area (TPSA) is 72.5 Å². The van der Waals surface area contributed by atoms with Crippen molar-refractivity contribution < 1.29 is 14.6 Å². The number of ether oxygens (including phenoxy) is 1. The van der Waals surface area contributed by atoms with E-state index in [9.17, 15) is 9.90 Å². The molecule has 0 bridgehead atoms. The first-order valence-electron chi connectivity index (χ1n) is 6.91. The van der Waals surface area contributed by atoms with E-state index >= 15 is 0 Å². The minimum atomic E-state index is -0.867. The number of carbonyl (C=O) groups is 1. The molecule has 2 aromatic rings. The Bertz CT molecular complexity index is 659. The molecule has 0 amide bonds. The predicted molar refractivity (Wildman–Crippen MR) is 83.8 cm³/mol. The molecule has 0 radical (unpaired) electrons. The second-order valence-electron chi connectivity index (χ2n) is 5.87. The van der Waals surface area contributed by atoms with Crippen LogP contribution in [0.5, 0.6) is 5.75 Å². The van der Waals surface area contributed by atoms with Gasteiger partial charge < -0.3 is 15.6 Å². The third-order valence-electron chi connectivity index (χ3n) is 3.78. The van der Waals surface area contributed by atoms with Gasteiger partial charge in [-0.2, -0.15) is 0 Å². The highest BCUT2D eigenvalue weighted by atomic mass is 16.5. The van der Waals surface area contributed by atoms with Crippen LogP contribution >= 0.6 is 0 Å². The zero-order valence-electron chi connectivity index (χ0n) is 12.6. The van der Waals surface area contributed by atoms with E-state index < -0.39 is 11.5 Å². The SMILES string of the molecule is COc1ccc2ccccc2c1C(CC(=O)O)C(C)(C)N. The molecule has 2 aromatic carbocycles. The first-order chi connectivity index (χ1) is 9.84. The Morgan fingerprint density at radius 2 is 1.95 bits per heavy atom. The van der Waals surface area contributed by atoms with Crippen LogP contribution in [0.15, 0.2) is 36.4 Å². The van der Waals surface area contributed by atoms with Gasteiger partial charge in [0.15, 0.2) is 0 Å². The highest BCUT2D eigenvalue weighted by Gasteiger charge is 2.32. The molecule has 0 aromatic heterocycles. The lowest BCUT2D eigenvalue weighted by atomic mass is 9.78. The minimum absolute atomic E-state index is 0.0339. The summed E-state index contributed by atoms with van der Waals surface area (Å²) in [6.45, 7) is 3.70. The van der Waals surface area contributed by atoms with Gasteiger partial charge in [-0.15, -0.1) is 0 Å². The van der Waals surface area contributed by atoms with E-state index in [1.54, 1.807) is 7.11 Å². The van der Waals surface area contributed by atoms with Crippen LogP contribution in [0.4, 0.5) is 0 Å². The third kappa shape index (κ3) is 3.16. The largest absolute Gasteiger partial charge is 0.496 e. The Kier molecular flexibility index (Phi) is 4.19. The van der Waals surface area contributed by atoms with E-state index in [1.807, 2.05) is 50.2 Å². The van der Waals surface area contributed by atoms with Crippen molar-refractivity contribution in [3.63, 3.8) is 0 Å². The van der Waals surface area contributed by atoms with Gasteiger partial charge in [0, 0.05) is 17.0 Å². The summed E-state index contributed by atoms with van der Waals surface area (Å²) >= 11 is 0. The van der Waals surface area contributed by atoms with Crippen molar-refractivity contribution in [2.24, 2.45) is 5.73 Å². The van der Waals surface area contributed by atoms with E-state index in [0.717, 1.165) is 16.3 Å². The molecule has 2 rings (SSSR count). The molecule has 1 unspecified atom stereocenters. The van der Waals surface area contributed by atoms with E-state index in [-0.39, 0.29) is 12.3 Å². The molecule has 0 fully saturated rings. The van der Waals surface area contributed by atoms with Crippen molar-refractivity contribution in [2.75, 3.05) is 7.11 Å². The van der Waals surface area contributed by atoms with E-state index in [1.165, 1.54) is 0 Å². The van der Waals surface area contributed by atoms with Crippen LogP contribution in [-0.4, -0.2) is 23.7 Å². The summed E-state index contributed by atoms with van der Waals surface area (Å²) in [5.41, 5.74) is 6.45. The number of carboxylic acid groups (broad SMARTS) is 1. The summed E-state index contributed by atoms with van der Waals surface area (Å²) < 4.78 is 5.46. The molecule has 0 saturated heterocycles. The molecule has 0 heterocycles. The standard InChI is InChI=1S/C17H21NO3/c1-17(2,18)13(10-15(19)20)16-12-7-5-4-6-11(12)8-9-14(16)21-3/h4-9,13H,10,18H2,1-3H3,(H,19,20). The molecule has 0 spiro atoms. The van der Waals surface area contributed by atoms with E-state index in [2.05, 4.69) is 0 Å². The van der Waals surface area contributed by atoms with Gasteiger partial charge in [0.2, 0.25) is 0 Å². The molecule has 112 valence electrons. The molecule has 1 atom stereocenters. The first-order valence-corrected chi connectivity index (χ1v) is 6.91. The van der Waals surface area contributed by atoms with Gasteiger partial charge in [-0.1, -0.05) is 30.3 Å². The van der Waals surface area contributed by atoms with Gasteiger partial charge in [0.25, 0.3) is 0 Å². The number of rotatable bonds is 5. The zero-order valence-corrected chi connectivity index (χ0v) is 12.6. The van der Waals surface area contributed by atoms with Crippen molar-refractivity contribution >= 4 is 16.7 Å². The van der Waals surface area contributed by atoms with Crippen molar-refractivity contribution in [2.45, 2.75) is 31.7 Å². The van der Waals surface area contributed by atoms with Gasteiger partial charge in [0.05, 0.1) is 13.5 Å². The van der Waals surface area contributed by atoms with Crippen molar-refractivity contribution in [1.29, 1.82) is 0 Å². The molecule has 0 aliphatic rings. The summed E-state index contributed by atoms with van der Waals surface area (Å²) in [5.74, 6) is -0.525. The zero-order chi connectivity index (χ0) is 15.6. The van der Waals surface area contributed by atoms with Crippen molar-refractivity contribution in [3.8, 4) is 5.75 Å². The molecular weight excluding hydrogens is 266 g/mol. The molecule has 3 N–H and O–H groups in total. The van der Waals surface area contributed by atoms with E-state index in [0.29, 0.717) is 5.75 Å². The fourth-order valence-electron chi connectivity index (χ4n) is 2.72. The highest BCUT2D eigenvalue weighted by Crippen LogP contribution is 2.40. The average Bonchev–Trinajstić information content (AvgIpc) is 2.42. The average molecular weight is 287 g/mol. The smallest absolute Gasteiger partial charge is 0.304 e. The Labute approximate surface area is 124 Å². The third-order valence-corrected chi connectivity index (χ3v) is 3.78. The number of hydrogen-bond acceptors (Lipinski definition) is 3. The number of aliphatic carboxylic acids is 1. The number of benzene rings is 2. The lowest BCUT2D eigenvalue weighted by Gasteiger charge is -2.32.